The van der Waals surface area contributed by atoms with Crippen LogP contribution in [-0.2, 0) is 6.61 Å². The molecule has 0 aliphatic rings. The minimum Gasteiger partial charge on any atom is -0.493 e. The fraction of sp³-hybridized carbons (Fsp3) is 0.130. The zero-order valence-corrected chi connectivity index (χ0v) is 18.2. The quantitative estimate of drug-likeness (QED) is 0.380. The molecule has 0 unspecified atom stereocenters. The van der Waals surface area contributed by atoms with Gasteiger partial charge >= 0.3 is 0 Å². The average molecular weight is 469 g/mol. The van der Waals surface area contributed by atoms with Gasteiger partial charge in [-0.1, -0.05) is 28.1 Å². The van der Waals surface area contributed by atoms with Gasteiger partial charge in [0.15, 0.2) is 11.5 Å². The second kappa shape index (κ2) is 10.5. The number of halogens is 1. The molecule has 6 nitrogen and oxygen atoms in total. The van der Waals surface area contributed by atoms with E-state index in [-0.39, 0.29) is 5.91 Å². The third kappa shape index (κ3) is 5.84. The number of hydrogen-bond acceptors (Lipinski definition) is 5. The number of methoxy groups -OCH3 is 2. The molecule has 0 heterocycles. The smallest absolute Gasteiger partial charge is 0.271 e. The third-order valence-electron chi connectivity index (χ3n) is 4.20. The Morgan fingerprint density at radius 1 is 1.00 bits per heavy atom. The van der Waals surface area contributed by atoms with E-state index in [0.29, 0.717) is 29.4 Å². The molecule has 3 aromatic carbocycles. The Hall–Kier alpha value is -3.32. The number of hydrazone groups is 1. The third-order valence-corrected chi connectivity index (χ3v) is 4.69. The van der Waals surface area contributed by atoms with Crippen molar-refractivity contribution in [2.24, 2.45) is 5.10 Å². The molecule has 1 N–H and O–H groups in total. The van der Waals surface area contributed by atoms with Crippen LogP contribution in [-0.4, -0.2) is 26.3 Å². The van der Waals surface area contributed by atoms with E-state index in [2.05, 4.69) is 26.5 Å². The van der Waals surface area contributed by atoms with Gasteiger partial charge in [-0.2, -0.15) is 5.10 Å². The van der Waals surface area contributed by atoms with Crippen molar-refractivity contribution in [1.29, 1.82) is 0 Å². The largest absolute Gasteiger partial charge is 0.493 e. The van der Waals surface area contributed by atoms with Crippen LogP contribution in [0.5, 0.6) is 17.2 Å². The summed E-state index contributed by atoms with van der Waals surface area (Å²) in [4.78, 5) is 12.3. The molecule has 0 spiro atoms. The summed E-state index contributed by atoms with van der Waals surface area (Å²) in [5, 5.41) is 4.00. The summed E-state index contributed by atoms with van der Waals surface area (Å²) in [6, 6.07) is 20.2. The van der Waals surface area contributed by atoms with Crippen molar-refractivity contribution in [3.05, 3.63) is 87.9 Å². The molecule has 0 aliphatic heterocycles. The van der Waals surface area contributed by atoms with Gasteiger partial charge in [0.05, 0.1) is 20.4 Å². The Labute approximate surface area is 183 Å². The highest BCUT2D eigenvalue weighted by Gasteiger charge is 2.06. The molecule has 0 bridgehead atoms. The van der Waals surface area contributed by atoms with Crippen LogP contribution in [0.25, 0.3) is 0 Å². The van der Waals surface area contributed by atoms with E-state index in [9.17, 15) is 4.79 Å². The predicted molar refractivity (Wildman–Crippen MR) is 120 cm³/mol. The molecule has 0 radical (unpaired) electrons. The summed E-state index contributed by atoms with van der Waals surface area (Å²) in [6.45, 7) is 0.445. The molecule has 0 saturated heterocycles. The van der Waals surface area contributed by atoms with Crippen LogP contribution in [0.1, 0.15) is 21.5 Å². The SMILES string of the molecule is COc1ccc(/C=N\NC(=O)c2ccc(OCc3cccc(Br)c3)cc2)cc1OC. The van der Waals surface area contributed by atoms with E-state index in [0.717, 1.165) is 15.6 Å². The van der Waals surface area contributed by atoms with Gasteiger partial charge in [-0.15, -0.1) is 0 Å². The van der Waals surface area contributed by atoms with E-state index in [1.807, 2.05) is 30.3 Å². The molecule has 154 valence electrons. The molecule has 1 amide bonds. The van der Waals surface area contributed by atoms with Crippen LogP contribution in [0.3, 0.4) is 0 Å². The van der Waals surface area contributed by atoms with Gasteiger partial charge < -0.3 is 14.2 Å². The Morgan fingerprint density at radius 2 is 1.77 bits per heavy atom. The topological polar surface area (TPSA) is 69.2 Å². The van der Waals surface area contributed by atoms with E-state index in [4.69, 9.17) is 14.2 Å². The van der Waals surface area contributed by atoms with E-state index in [1.165, 1.54) is 6.21 Å². The molecule has 0 saturated carbocycles. The molecule has 3 rings (SSSR count). The lowest BCUT2D eigenvalue weighted by molar-refractivity contribution is 0.0955. The maximum absolute atomic E-state index is 12.3. The summed E-state index contributed by atoms with van der Waals surface area (Å²) in [7, 11) is 3.13. The van der Waals surface area contributed by atoms with E-state index < -0.39 is 0 Å². The normalized spacial score (nSPS) is 10.6. The molecular weight excluding hydrogens is 448 g/mol. The standard InChI is InChI=1S/C23H21BrN2O4/c1-28-21-11-6-16(13-22(21)29-2)14-25-26-23(27)18-7-9-20(10-8-18)30-15-17-4-3-5-19(24)12-17/h3-14H,15H2,1-2H3,(H,26,27)/b25-14-. The van der Waals surface area contributed by atoms with Crippen molar-refractivity contribution in [2.45, 2.75) is 6.61 Å². The summed E-state index contributed by atoms with van der Waals surface area (Å²) in [6.07, 6.45) is 1.54. The van der Waals surface area contributed by atoms with Crippen molar-refractivity contribution >= 4 is 28.1 Å². The van der Waals surface area contributed by atoms with Crippen LogP contribution < -0.4 is 19.6 Å². The molecule has 30 heavy (non-hydrogen) atoms. The summed E-state index contributed by atoms with van der Waals surface area (Å²) in [5.41, 5.74) is 4.81. The van der Waals surface area contributed by atoms with Crippen molar-refractivity contribution in [3.63, 3.8) is 0 Å². The second-order valence-corrected chi connectivity index (χ2v) is 7.17. The Bertz CT molecular complexity index is 1040. The van der Waals surface area contributed by atoms with Gasteiger partial charge in [-0.25, -0.2) is 5.43 Å². The van der Waals surface area contributed by atoms with Crippen LogP contribution >= 0.6 is 15.9 Å². The highest BCUT2D eigenvalue weighted by molar-refractivity contribution is 9.10. The minimum absolute atomic E-state index is 0.315. The lowest BCUT2D eigenvalue weighted by Crippen LogP contribution is -2.17. The first kappa shape index (κ1) is 21.4. The molecule has 0 atom stereocenters. The van der Waals surface area contributed by atoms with Gasteiger partial charge in [-0.3, -0.25) is 4.79 Å². The zero-order chi connectivity index (χ0) is 21.3. The molecular formula is C23H21BrN2O4. The van der Waals surface area contributed by atoms with Gasteiger partial charge in [0.2, 0.25) is 0 Å². The zero-order valence-electron chi connectivity index (χ0n) is 16.6. The number of amides is 1. The van der Waals surface area contributed by atoms with Crippen LogP contribution in [0.4, 0.5) is 0 Å². The Morgan fingerprint density at radius 3 is 2.47 bits per heavy atom. The summed E-state index contributed by atoms with van der Waals surface area (Å²) < 4.78 is 17.2. The maximum atomic E-state index is 12.3. The minimum atomic E-state index is -0.315. The molecule has 0 fully saturated rings. The second-order valence-electron chi connectivity index (χ2n) is 6.26. The number of rotatable bonds is 8. The number of carbonyl (C=O) groups is 1. The summed E-state index contributed by atoms with van der Waals surface area (Å²) >= 11 is 3.44. The molecule has 0 aromatic heterocycles. The molecule has 7 heteroatoms. The van der Waals surface area contributed by atoms with E-state index in [1.54, 1.807) is 50.6 Å². The first-order valence-corrected chi connectivity index (χ1v) is 9.91. The van der Waals surface area contributed by atoms with Crippen molar-refractivity contribution in [1.82, 2.24) is 5.43 Å². The first-order chi connectivity index (χ1) is 14.6. The Kier molecular flexibility index (Phi) is 7.45. The number of ether oxygens (including phenoxy) is 3. The fourth-order valence-corrected chi connectivity index (χ4v) is 3.11. The van der Waals surface area contributed by atoms with Crippen molar-refractivity contribution in [2.75, 3.05) is 14.2 Å². The molecule has 0 aliphatic carbocycles. The maximum Gasteiger partial charge on any atom is 0.271 e. The van der Waals surface area contributed by atoms with Gasteiger partial charge in [-0.05, 0) is 65.7 Å². The molecule has 3 aromatic rings. The van der Waals surface area contributed by atoms with Gasteiger partial charge in [0, 0.05) is 10.0 Å². The van der Waals surface area contributed by atoms with Crippen LogP contribution in [0.2, 0.25) is 0 Å². The lowest BCUT2D eigenvalue weighted by atomic mass is 10.2. The monoisotopic (exact) mass is 468 g/mol. The predicted octanol–water partition coefficient (Wildman–Crippen LogP) is 4.81. The number of nitrogens with one attached hydrogen (secondary N) is 1. The van der Waals surface area contributed by atoms with Crippen molar-refractivity contribution < 1.29 is 19.0 Å². The van der Waals surface area contributed by atoms with Crippen LogP contribution in [0.15, 0.2) is 76.3 Å². The fourth-order valence-electron chi connectivity index (χ4n) is 2.66. The van der Waals surface area contributed by atoms with Crippen LogP contribution in [0, 0.1) is 0 Å². The number of carbonyl (C=O) groups excluding carboxylic acids is 1. The first-order valence-electron chi connectivity index (χ1n) is 9.12. The van der Waals surface area contributed by atoms with E-state index >= 15 is 0 Å². The number of benzene rings is 3. The van der Waals surface area contributed by atoms with Gasteiger partial charge in [0.25, 0.3) is 5.91 Å². The number of hydrogen-bond donors (Lipinski definition) is 1. The Balaban J connectivity index is 1.55. The number of nitrogens with zero attached hydrogens (tertiary/aromatic N) is 1. The van der Waals surface area contributed by atoms with Gasteiger partial charge in [0.1, 0.15) is 12.4 Å². The highest BCUT2D eigenvalue weighted by Crippen LogP contribution is 2.26. The highest BCUT2D eigenvalue weighted by atomic mass is 79.9. The summed E-state index contributed by atoms with van der Waals surface area (Å²) in [5.74, 6) is 1.58. The van der Waals surface area contributed by atoms with Crippen molar-refractivity contribution in [3.8, 4) is 17.2 Å². The average Bonchev–Trinajstić information content (AvgIpc) is 2.78. The lowest BCUT2D eigenvalue weighted by Gasteiger charge is -2.08.